The third-order valence-corrected chi connectivity index (χ3v) is 4.56. The molecule has 0 saturated carbocycles. The number of rotatable bonds is 7. The van der Waals surface area contributed by atoms with E-state index in [4.69, 9.17) is 0 Å². The fourth-order valence-electron chi connectivity index (χ4n) is 3.15. The van der Waals surface area contributed by atoms with Gasteiger partial charge in [0.2, 0.25) is 0 Å². The SMILES string of the molecule is CCCCN1CCC(NC(CC)c2ccc(O)cc2)CC1. The highest BCUT2D eigenvalue weighted by atomic mass is 16.3. The first kappa shape index (κ1) is 16.3. The number of benzene rings is 1. The molecule has 0 spiro atoms. The Labute approximate surface area is 129 Å². The van der Waals surface area contributed by atoms with Crippen molar-refractivity contribution in [3.63, 3.8) is 0 Å². The van der Waals surface area contributed by atoms with Gasteiger partial charge in [-0.3, -0.25) is 0 Å². The fraction of sp³-hybridized carbons (Fsp3) is 0.667. The lowest BCUT2D eigenvalue weighted by molar-refractivity contribution is 0.188. The summed E-state index contributed by atoms with van der Waals surface area (Å²) in [6.45, 7) is 8.20. The number of piperidine rings is 1. The lowest BCUT2D eigenvalue weighted by atomic mass is 9.99. The van der Waals surface area contributed by atoms with Gasteiger partial charge >= 0.3 is 0 Å². The Morgan fingerprint density at radius 1 is 1.19 bits per heavy atom. The van der Waals surface area contributed by atoms with Crippen molar-refractivity contribution in [2.45, 2.75) is 58.0 Å². The summed E-state index contributed by atoms with van der Waals surface area (Å²) in [5.41, 5.74) is 1.28. The zero-order chi connectivity index (χ0) is 15.1. The number of nitrogens with zero attached hydrogens (tertiary/aromatic N) is 1. The van der Waals surface area contributed by atoms with Crippen molar-refractivity contribution in [3.05, 3.63) is 29.8 Å². The maximum Gasteiger partial charge on any atom is 0.115 e. The molecule has 1 atom stereocenters. The molecule has 1 heterocycles. The minimum atomic E-state index is 0.345. The first-order chi connectivity index (χ1) is 10.2. The minimum Gasteiger partial charge on any atom is -0.508 e. The van der Waals surface area contributed by atoms with E-state index in [1.54, 1.807) is 12.1 Å². The number of hydrogen-bond donors (Lipinski definition) is 2. The summed E-state index contributed by atoms with van der Waals surface area (Å²) < 4.78 is 0. The average Bonchev–Trinajstić information content (AvgIpc) is 2.53. The summed E-state index contributed by atoms with van der Waals surface area (Å²) in [6.07, 6.45) is 6.19. The van der Waals surface area contributed by atoms with Gasteiger partial charge in [0.25, 0.3) is 0 Å². The predicted octanol–water partition coefficient (Wildman–Crippen LogP) is 3.70. The molecule has 2 N–H and O–H groups in total. The summed E-state index contributed by atoms with van der Waals surface area (Å²) in [4.78, 5) is 2.60. The van der Waals surface area contributed by atoms with Gasteiger partial charge < -0.3 is 15.3 Å². The molecule has 21 heavy (non-hydrogen) atoms. The molecule has 2 rings (SSSR count). The molecular formula is C18H30N2O. The maximum atomic E-state index is 9.41. The first-order valence-corrected chi connectivity index (χ1v) is 8.50. The number of aromatic hydroxyl groups is 1. The molecule has 0 aromatic heterocycles. The van der Waals surface area contributed by atoms with Gasteiger partial charge in [0, 0.05) is 12.1 Å². The highest BCUT2D eigenvalue weighted by Crippen LogP contribution is 2.22. The molecule has 0 amide bonds. The van der Waals surface area contributed by atoms with Gasteiger partial charge in [-0.15, -0.1) is 0 Å². The number of nitrogens with one attached hydrogen (secondary N) is 1. The van der Waals surface area contributed by atoms with Crippen molar-refractivity contribution < 1.29 is 5.11 Å². The number of hydrogen-bond acceptors (Lipinski definition) is 3. The standard InChI is InChI=1S/C18H30N2O/c1-3-5-12-20-13-10-16(11-14-20)19-18(4-2)15-6-8-17(21)9-7-15/h6-9,16,18-19,21H,3-5,10-14H2,1-2H3. The molecule has 3 heteroatoms. The summed E-state index contributed by atoms with van der Waals surface area (Å²) in [5.74, 6) is 0.345. The van der Waals surface area contributed by atoms with E-state index >= 15 is 0 Å². The van der Waals surface area contributed by atoms with Crippen LogP contribution in [0.5, 0.6) is 5.75 Å². The Bertz CT molecular complexity index is 396. The van der Waals surface area contributed by atoms with Crippen molar-refractivity contribution in [1.82, 2.24) is 10.2 Å². The average molecular weight is 290 g/mol. The summed E-state index contributed by atoms with van der Waals surface area (Å²) >= 11 is 0. The van der Waals surface area contributed by atoms with Crippen LogP contribution in [0.3, 0.4) is 0 Å². The Hall–Kier alpha value is -1.06. The molecule has 118 valence electrons. The Balaban J connectivity index is 1.82. The molecule has 0 bridgehead atoms. The van der Waals surface area contributed by atoms with Gasteiger partial charge in [0.05, 0.1) is 0 Å². The van der Waals surface area contributed by atoms with E-state index in [9.17, 15) is 5.11 Å². The third-order valence-electron chi connectivity index (χ3n) is 4.56. The van der Waals surface area contributed by atoms with Crippen LogP contribution in [0, 0.1) is 0 Å². The molecule has 1 aromatic rings. The molecule has 0 radical (unpaired) electrons. The molecule has 1 unspecified atom stereocenters. The van der Waals surface area contributed by atoms with Crippen LogP contribution in [-0.4, -0.2) is 35.7 Å². The van der Waals surface area contributed by atoms with Gasteiger partial charge in [-0.1, -0.05) is 32.4 Å². The van der Waals surface area contributed by atoms with Crippen LogP contribution < -0.4 is 5.32 Å². The van der Waals surface area contributed by atoms with E-state index in [0.29, 0.717) is 17.8 Å². The molecule has 1 fully saturated rings. The van der Waals surface area contributed by atoms with E-state index < -0.39 is 0 Å². The van der Waals surface area contributed by atoms with Gasteiger partial charge in [0.1, 0.15) is 5.75 Å². The maximum absolute atomic E-state index is 9.41. The van der Waals surface area contributed by atoms with E-state index in [-0.39, 0.29) is 0 Å². The van der Waals surface area contributed by atoms with E-state index in [2.05, 4.69) is 24.1 Å². The molecular weight excluding hydrogens is 260 g/mol. The second-order valence-electron chi connectivity index (χ2n) is 6.19. The van der Waals surface area contributed by atoms with Gasteiger partial charge in [-0.05, 0) is 63.0 Å². The number of unbranched alkanes of at least 4 members (excludes halogenated alkanes) is 1. The fourth-order valence-corrected chi connectivity index (χ4v) is 3.15. The van der Waals surface area contributed by atoms with Crippen molar-refractivity contribution >= 4 is 0 Å². The zero-order valence-electron chi connectivity index (χ0n) is 13.5. The summed E-state index contributed by atoms with van der Waals surface area (Å²) in [7, 11) is 0. The number of phenolic OH excluding ortho intramolecular Hbond substituents is 1. The Kier molecular flexibility index (Phi) is 6.52. The normalized spacial score (nSPS) is 18.8. The third kappa shape index (κ3) is 5.01. The van der Waals surface area contributed by atoms with Crippen molar-refractivity contribution in [3.8, 4) is 5.75 Å². The van der Waals surface area contributed by atoms with Crippen LogP contribution in [0.25, 0.3) is 0 Å². The number of phenols is 1. The van der Waals surface area contributed by atoms with Crippen LogP contribution in [-0.2, 0) is 0 Å². The van der Waals surface area contributed by atoms with Crippen molar-refractivity contribution in [2.24, 2.45) is 0 Å². The van der Waals surface area contributed by atoms with Gasteiger partial charge in [-0.2, -0.15) is 0 Å². The number of likely N-dealkylation sites (tertiary alicyclic amines) is 1. The lowest BCUT2D eigenvalue weighted by Crippen LogP contribution is -2.43. The van der Waals surface area contributed by atoms with Crippen LogP contribution in [0.2, 0.25) is 0 Å². The van der Waals surface area contributed by atoms with Crippen LogP contribution in [0.4, 0.5) is 0 Å². The summed E-state index contributed by atoms with van der Waals surface area (Å²) in [5, 5.41) is 13.2. The molecule has 1 aromatic carbocycles. The molecule has 1 aliphatic rings. The van der Waals surface area contributed by atoms with Crippen LogP contribution >= 0.6 is 0 Å². The van der Waals surface area contributed by atoms with Crippen LogP contribution in [0.15, 0.2) is 24.3 Å². The Morgan fingerprint density at radius 2 is 1.86 bits per heavy atom. The highest BCUT2D eigenvalue weighted by Gasteiger charge is 2.21. The monoisotopic (exact) mass is 290 g/mol. The van der Waals surface area contributed by atoms with E-state index in [1.807, 2.05) is 12.1 Å². The van der Waals surface area contributed by atoms with Gasteiger partial charge in [0.15, 0.2) is 0 Å². The molecule has 0 aliphatic carbocycles. The highest BCUT2D eigenvalue weighted by molar-refractivity contribution is 5.28. The molecule has 1 aliphatic heterocycles. The van der Waals surface area contributed by atoms with Crippen LogP contribution in [0.1, 0.15) is 57.6 Å². The van der Waals surface area contributed by atoms with E-state index in [1.165, 1.54) is 50.9 Å². The minimum absolute atomic E-state index is 0.345. The predicted molar refractivity (Wildman–Crippen MR) is 88.6 cm³/mol. The smallest absolute Gasteiger partial charge is 0.115 e. The second kappa shape index (κ2) is 8.40. The lowest BCUT2D eigenvalue weighted by Gasteiger charge is -2.34. The summed E-state index contributed by atoms with van der Waals surface area (Å²) in [6, 6.07) is 8.67. The largest absolute Gasteiger partial charge is 0.508 e. The van der Waals surface area contributed by atoms with Gasteiger partial charge in [-0.25, -0.2) is 0 Å². The Morgan fingerprint density at radius 3 is 2.43 bits per heavy atom. The van der Waals surface area contributed by atoms with Crippen molar-refractivity contribution in [1.29, 1.82) is 0 Å². The topological polar surface area (TPSA) is 35.5 Å². The molecule has 1 saturated heterocycles. The second-order valence-corrected chi connectivity index (χ2v) is 6.19. The zero-order valence-corrected chi connectivity index (χ0v) is 13.5. The van der Waals surface area contributed by atoms with Crippen molar-refractivity contribution in [2.75, 3.05) is 19.6 Å². The molecule has 3 nitrogen and oxygen atoms in total. The first-order valence-electron chi connectivity index (χ1n) is 8.50. The quantitative estimate of drug-likeness (QED) is 0.804. The van der Waals surface area contributed by atoms with E-state index in [0.717, 1.165) is 6.42 Å².